The lowest BCUT2D eigenvalue weighted by Gasteiger charge is -2.40. The van der Waals surface area contributed by atoms with Crippen molar-refractivity contribution in [3.05, 3.63) is 33.8 Å². The van der Waals surface area contributed by atoms with Crippen LogP contribution < -0.4 is 5.32 Å². The van der Waals surface area contributed by atoms with Gasteiger partial charge in [-0.05, 0) is 19.2 Å². The van der Waals surface area contributed by atoms with Gasteiger partial charge in [0.2, 0.25) is 0 Å². The first-order valence-corrected chi connectivity index (χ1v) is 7.75. The van der Waals surface area contributed by atoms with Crippen molar-refractivity contribution >= 4 is 23.2 Å². The highest BCUT2D eigenvalue weighted by Crippen LogP contribution is 2.37. The number of likely N-dealkylation sites (N-methyl/N-ethyl adjacent to an activating group) is 1. The number of nitrogens with zero attached hydrogens (tertiary/aromatic N) is 1. The fourth-order valence-corrected chi connectivity index (χ4v) is 3.21. The van der Waals surface area contributed by atoms with Crippen molar-refractivity contribution in [2.45, 2.75) is 32.0 Å². The highest BCUT2D eigenvalue weighted by molar-refractivity contribution is 6.36. The number of halogens is 2. The Morgan fingerprint density at radius 2 is 2.00 bits per heavy atom. The molecule has 1 heterocycles. The monoisotopic (exact) mass is 316 g/mol. The smallest absolute Gasteiger partial charge is 0.0897 e. The van der Waals surface area contributed by atoms with Crippen LogP contribution in [0.1, 0.15) is 25.5 Å². The maximum Gasteiger partial charge on any atom is 0.0897 e. The van der Waals surface area contributed by atoms with E-state index in [0.717, 1.165) is 25.3 Å². The van der Waals surface area contributed by atoms with E-state index >= 15 is 0 Å². The number of hydrogen-bond donors (Lipinski definition) is 1. The number of nitrogens with one attached hydrogen (secondary N) is 1. The van der Waals surface area contributed by atoms with Crippen LogP contribution in [0.2, 0.25) is 10.0 Å². The van der Waals surface area contributed by atoms with Gasteiger partial charge in [0, 0.05) is 34.7 Å². The summed E-state index contributed by atoms with van der Waals surface area (Å²) in [5, 5.41) is 4.84. The van der Waals surface area contributed by atoms with Gasteiger partial charge in [-0.3, -0.25) is 4.90 Å². The molecule has 0 bridgehead atoms. The Morgan fingerprint density at radius 1 is 1.35 bits per heavy atom. The average Bonchev–Trinajstić information content (AvgIpc) is 2.38. The van der Waals surface area contributed by atoms with Crippen LogP contribution in [0.4, 0.5) is 0 Å². The number of rotatable bonds is 4. The minimum absolute atomic E-state index is 0.0496. The molecule has 1 N–H and O–H groups in total. The zero-order valence-corrected chi connectivity index (χ0v) is 13.7. The minimum Gasteiger partial charge on any atom is -0.374 e. The molecule has 2 rings (SSSR count). The highest BCUT2D eigenvalue weighted by atomic mass is 35.5. The van der Waals surface area contributed by atoms with Gasteiger partial charge in [-0.1, -0.05) is 43.1 Å². The van der Waals surface area contributed by atoms with Gasteiger partial charge in [-0.25, -0.2) is 0 Å². The summed E-state index contributed by atoms with van der Waals surface area (Å²) in [6, 6.07) is 6.15. The summed E-state index contributed by atoms with van der Waals surface area (Å²) in [5.41, 5.74) is 0.966. The first-order chi connectivity index (χ1) is 9.50. The third-order valence-electron chi connectivity index (χ3n) is 3.63. The highest BCUT2D eigenvalue weighted by Gasteiger charge is 2.34. The van der Waals surface area contributed by atoms with E-state index in [4.69, 9.17) is 27.9 Å². The Hall–Kier alpha value is -0.320. The summed E-state index contributed by atoms with van der Waals surface area (Å²) in [4.78, 5) is 2.27. The first-order valence-electron chi connectivity index (χ1n) is 7.00. The SMILES string of the molecule is CC(C)NCC1OCCN(C)C1c1c(Cl)cccc1Cl. The second-order valence-electron chi connectivity index (χ2n) is 5.53. The largest absolute Gasteiger partial charge is 0.374 e. The molecule has 0 aliphatic carbocycles. The topological polar surface area (TPSA) is 24.5 Å². The van der Waals surface area contributed by atoms with E-state index in [-0.39, 0.29) is 12.1 Å². The van der Waals surface area contributed by atoms with Crippen molar-refractivity contribution in [2.75, 3.05) is 26.7 Å². The molecule has 1 aliphatic heterocycles. The lowest BCUT2D eigenvalue weighted by Crippen LogP contribution is -2.48. The fourth-order valence-electron chi connectivity index (χ4n) is 2.58. The Labute approximate surface area is 131 Å². The van der Waals surface area contributed by atoms with Gasteiger partial charge in [-0.15, -0.1) is 0 Å². The van der Waals surface area contributed by atoms with Gasteiger partial charge in [0.25, 0.3) is 0 Å². The first kappa shape index (κ1) is 16.1. The molecule has 5 heteroatoms. The van der Waals surface area contributed by atoms with Crippen molar-refractivity contribution < 1.29 is 4.74 Å². The van der Waals surface area contributed by atoms with Gasteiger partial charge in [0.15, 0.2) is 0 Å². The molecule has 1 aliphatic rings. The van der Waals surface area contributed by atoms with Crippen molar-refractivity contribution in [3.63, 3.8) is 0 Å². The summed E-state index contributed by atoms with van der Waals surface area (Å²) in [7, 11) is 2.09. The molecule has 2 atom stereocenters. The van der Waals surface area contributed by atoms with E-state index in [9.17, 15) is 0 Å². The number of hydrogen-bond acceptors (Lipinski definition) is 3. The second kappa shape index (κ2) is 7.10. The van der Waals surface area contributed by atoms with E-state index in [0.29, 0.717) is 16.1 Å². The molecule has 0 amide bonds. The van der Waals surface area contributed by atoms with Gasteiger partial charge in [0.05, 0.1) is 18.8 Å². The molecule has 0 saturated carbocycles. The van der Waals surface area contributed by atoms with Gasteiger partial charge in [0.1, 0.15) is 0 Å². The predicted octanol–water partition coefficient (Wildman–Crippen LogP) is 3.36. The summed E-state index contributed by atoms with van der Waals surface area (Å²) < 4.78 is 5.95. The van der Waals surface area contributed by atoms with E-state index in [2.05, 4.69) is 31.1 Å². The van der Waals surface area contributed by atoms with Crippen molar-refractivity contribution in [1.82, 2.24) is 10.2 Å². The Kier molecular flexibility index (Phi) is 5.70. The van der Waals surface area contributed by atoms with Crippen LogP contribution in [0.15, 0.2) is 18.2 Å². The number of benzene rings is 1. The van der Waals surface area contributed by atoms with E-state index in [1.807, 2.05) is 18.2 Å². The quantitative estimate of drug-likeness (QED) is 0.921. The van der Waals surface area contributed by atoms with Crippen molar-refractivity contribution in [1.29, 1.82) is 0 Å². The van der Waals surface area contributed by atoms with Gasteiger partial charge < -0.3 is 10.1 Å². The molecule has 3 nitrogen and oxygen atoms in total. The minimum atomic E-state index is 0.0496. The summed E-state index contributed by atoms with van der Waals surface area (Å²) in [6.45, 7) is 6.66. The summed E-state index contributed by atoms with van der Waals surface area (Å²) >= 11 is 12.7. The van der Waals surface area contributed by atoms with Crippen LogP contribution in [-0.2, 0) is 4.74 Å². The fraction of sp³-hybridized carbons (Fsp3) is 0.600. The van der Waals surface area contributed by atoms with E-state index in [1.165, 1.54) is 0 Å². The van der Waals surface area contributed by atoms with Crippen LogP contribution in [0.5, 0.6) is 0 Å². The van der Waals surface area contributed by atoms with E-state index in [1.54, 1.807) is 0 Å². The van der Waals surface area contributed by atoms with Crippen LogP contribution in [0.25, 0.3) is 0 Å². The van der Waals surface area contributed by atoms with Crippen molar-refractivity contribution in [2.24, 2.45) is 0 Å². The standard InChI is InChI=1S/C15H22Cl2N2O/c1-10(2)18-9-13-15(19(3)7-8-20-13)14-11(16)5-4-6-12(14)17/h4-6,10,13,15,18H,7-9H2,1-3H3. The third-order valence-corrected chi connectivity index (χ3v) is 4.28. The molecule has 112 valence electrons. The van der Waals surface area contributed by atoms with Crippen LogP contribution in [0.3, 0.4) is 0 Å². The Bertz CT molecular complexity index is 433. The lowest BCUT2D eigenvalue weighted by molar-refractivity contribution is -0.0619. The Morgan fingerprint density at radius 3 is 2.60 bits per heavy atom. The molecular weight excluding hydrogens is 295 g/mol. The third kappa shape index (κ3) is 3.66. The van der Waals surface area contributed by atoms with E-state index < -0.39 is 0 Å². The molecule has 1 aromatic rings. The normalized spacial score (nSPS) is 24.3. The van der Waals surface area contributed by atoms with Gasteiger partial charge >= 0.3 is 0 Å². The van der Waals surface area contributed by atoms with Gasteiger partial charge in [-0.2, -0.15) is 0 Å². The molecule has 0 radical (unpaired) electrons. The molecule has 0 aromatic heterocycles. The molecular formula is C15H22Cl2N2O. The zero-order valence-electron chi connectivity index (χ0n) is 12.2. The number of morpholine rings is 1. The maximum absolute atomic E-state index is 6.37. The molecule has 1 aromatic carbocycles. The predicted molar refractivity (Wildman–Crippen MR) is 84.7 cm³/mol. The van der Waals surface area contributed by atoms with Crippen LogP contribution in [-0.4, -0.2) is 43.8 Å². The Balaban J connectivity index is 2.27. The molecule has 2 unspecified atom stereocenters. The molecule has 20 heavy (non-hydrogen) atoms. The molecule has 1 saturated heterocycles. The average molecular weight is 317 g/mol. The van der Waals surface area contributed by atoms with Crippen LogP contribution >= 0.6 is 23.2 Å². The molecule has 1 fully saturated rings. The molecule has 0 spiro atoms. The summed E-state index contributed by atoms with van der Waals surface area (Å²) in [6.07, 6.45) is 0.0496. The lowest BCUT2D eigenvalue weighted by atomic mass is 9.98. The maximum atomic E-state index is 6.37. The van der Waals surface area contributed by atoms with Crippen molar-refractivity contribution in [3.8, 4) is 0 Å². The second-order valence-corrected chi connectivity index (χ2v) is 6.35. The zero-order chi connectivity index (χ0) is 14.7. The van der Waals surface area contributed by atoms with Crippen LogP contribution in [0, 0.1) is 0 Å². The summed E-state index contributed by atoms with van der Waals surface area (Å²) in [5.74, 6) is 0. The number of ether oxygens (including phenoxy) is 1.